The van der Waals surface area contributed by atoms with Crippen molar-refractivity contribution in [3.8, 4) is 5.75 Å². The van der Waals surface area contributed by atoms with Crippen molar-refractivity contribution in [2.45, 2.75) is 18.9 Å². The second-order valence-corrected chi connectivity index (χ2v) is 8.12. The number of carbonyl (C=O) groups excluding carboxylic acids is 1. The Kier molecular flexibility index (Phi) is 6.74. The number of halogens is 1. The van der Waals surface area contributed by atoms with Crippen molar-refractivity contribution in [1.29, 1.82) is 0 Å². The van der Waals surface area contributed by atoms with E-state index >= 15 is 0 Å². The molecule has 0 saturated carbocycles. The highest BCUT2D eigenvalue weighted by atomic mass is 32.2. The number of hydrogen-bond acceptors (Lipinski definition) is 4. The summed E-state index contributed by atoms with van der Waals surface area (Å²) in [6.07, 6.45) is 1.04. The van der Waals surface area contributed by atoms with Crippen LogP contribution in [0.4, 0.5) is 4.39 Å². The third-order valence-corrected chi connectivity index (χ3v) is 5.91. The molecule has 2 rings (SSSR count). The van der Waals surface area contributed by atoms with Gasteiger partial charge in [0.25, 0.3) is 16.1 Å². The number of nitrogens with zero attached hydrogens (tertiary/aromatic N) is 2. The first-order valence-corrected chi connectivity index (χ1v) is 9.52. The average Bonchev–Trinajstić information content (AvgIpc) is 2.60. The smallest absolute Gasteiger partial charge is 0.281 e. The van der Waals surface area contributed by atoms with E-state index in [-0.39, 0.29) is 18.6 Å². The van der Waals surface area contributed by atoms with E-state index in [0.29, 0.717) is 37.2 Å². The molecule has 1 aliphatic rings. The van der Waals surface area contributed by atoms with Crippen LogP contribution in [0.15, 0.2) is 24.3 Å². The van der Waals surface area contributed by atoms with Crippen LogP contribution >= 0.6 is 0 Å². The van der Waals surface area contributed by atoms with E-state index in [1.54, 1.807) is 24.3 Å². The molecule has 0 aromatic heterocycles. The summed E-state index contributed by atoms with van der Waals surface area (Å²) in [4.78, 5) is 11.9. The molecule has 0 aliphatic carbocycles. The average molecular weight is 373 g/mol. The lowest BCUT2D eigenvalue weighted by Gasteiger charge is -2.32. The lowest BCUT2D eigenvalue weighted by Crippen LogP contribution is -2.46. The van der Waals surface area contributed by atoms with Crippen LogP contribution in [0.25, 0.3) is 0 Å². The van der Waals surface area contributed by atoms with Crippen molar-refractivity contribution in [3.63, 3.8) is 0 Å². The highest BCUT2D eigenvalue weighted by Crippen LogP contribution is 2.22. The minimum atomic E-state index is -3.40. The molecule has 1 aromatic rings. The third kappa shape index (κ3) is 5.13. The summed E-state index contributed by atoms with van der Waals surface area (Å²) in [6, 6.07) is 6.68. The molecule has 25 heavy (non-hydrogen) atoms. The fourth-order valence-corrected chi connectivity index (χ4v) is 3.71. The molecule has 0 unspecified atom stereocenters. The molecule has 1 aliphatic heterocycles. The van der Waals surface area contributed by atoms with Crippen LogP contribution in [0.1, 0.15) is 23.2 Å². The number of benzene rings is 1. The Bertz CT molecular complexity index is 688. The van der Waals surface area contributed by atoms with E-state index in [1.807, 2.05) is 0 Å². The van der Waals surface area contributed by atoms with Gasteiger partial charge in [-0.1, -0.05) is 6.07 Å². The quantitative estimate of drug-likeness (QED) is 0.774. The summed E-state index contributed by atoms with van der Waals surface area (Å²) >= 11 is 0. The SMILES string of the molecule is CN(C)S(=O)(=O)N1CCC(Oc2cccc(C(=O)NCCF)c2)CC1. The molecule has 0 radical (unpaired) electrons. The number of alkyl halides is 1. The number of amides is 1. The van der Waals surface area contributed by atoms with E-state index in [0.717, 1.165) is 0 Å². The summed E-state index contributed by atoms with van der Waals surface area (Å²) in [6.45, 7) is 0.142. The first-order chi connectivity index (χ1) is 11.8. The Balaban J connectivity index is 1.93. The first kappa shape index (κ1) is 19.6. The fraction of sp³-hybridized carbons (Fsp3) is 0.562. The molecule has 7 nitrogen and oxygen atoms in total. The minimum Gasteiger partial charge on any atom is -0.490 e. The maximum Gasteiger partial charge on any atom is 0.281 e. The second-order valence-electron chi connectivity index (χ2n) is 5.98. The van der Waals surface area contributed by atoms with Gasteiger partial charge < -0.3 is 10.1 Å². The molecule has 9 heteroatoms. The first-order valence-electron chi connectivity index (χ1n) is 8.13. The van der Waals surface area contributed by atoms with Gasteiger partial charge in [-0.2, -0.15) is 17.0 Å². The van der Waals surface area contributed by atoms with E-state index in [1.165, 1.54) is 22.7 Å². The number of carbonyl (C=O) groups is 1. The summed E-state index contributed by atoms with van der Waals surface area (Å²) in [5, 5.41) is 2.46. The molecule has 1 aromatic carbocycles. The second kappa shape index (κ2) is 8.59. The highest BCUT2D eigenvalue weighted by molar-refractivity contribution is 7.86. The van der Waals surface area contributed by atoms with Crippen molar-refractivity contribution < 1.29 is 22.3 Å². The largest absolute Gasteiger partial charge is 0.490 e. The van der Waals surface area contributed by atoms with Crippen molar-refractivity contribution in [2.75, 3.05) is 40.4 Å². The highest BCUT2D eigenvalue weighted by Gasteiger charge is 2.30. The van der Waals surface area contributed by atoms with E-state index in [4.69, 9.17) is 4.74 Å². The fourth-order valence-electron chi connectivity index (χ4n) is 2.58. The van der Waals surface area contributed by atoms with Gasteiger partial charge in [0.05, 0.1) is 0 Å². The Hall–Kier alpha value is -1.71. The van der Waals surface area contributed by atoms with Crippen LogP contribution in [0.3, 0.4) is 0 Å². The van der Waals surface area contributed by atoms with Gasteiger partial charge in [-0.05, 0) is 31.0 Å². The van der Waals surface area contributed by atoms with Crippen LogP contribution < -0.4 is 10.1 Å². The van der Waals surface area contributed by atoms with E-state index in [2.05, 4.69) is 5.32 Å². The zero-order valence-corrected chi connectivity index (χ0v) is 15.3. The van der Waals surface area contributed by atoms with E-state index < -0.39 is 16.9 Å². The van der Waals surface area contributed by atoms with Crippen LogP contribution in [-0.2, 0) is 10.2 Å². The van der Waals surface area contributed by atoms with Crippen molar-refractivity contribution in [3.05, 3.63) is 29.8 Å². The molecule has 1 fully saturated rings. The molecule has 1 heterocycles. The van der Waals surface area contributed by atoms with Crippen LogP contribution in [0, 0.1) is 0 Å². The van der Waals surface area contributed by atoms with Gasteiger partial charge in [-0.3, -0.25) is 4.79 Å². The summed E-state index contributed by atoms with van der Waals surface area (Å²) in [5.74, 6) is 0.191. The van der Waals surface area contributed by atoms with Crippen molar-refractivity contribution in [1.82, 2.24) is 13.9 Å². The molecule has 0 bridgehead atoms. The molecular weight excluding hydrogens is 349 g/mol. The summed E-state index contributed by atoms with van der Waals surface area (Å²) in [7, 11) is -0.373. The number of ether oxygens (including phenoxy) is 1. The monoisotopic (exact) mass is 373 g/mol. The number of piperidine rings is 1. The maximum atomic E-state index is 12.1. The van der Waals surface area contributed by atoms with Gasteiger partial charge in [-0.25, -0.2) is 4.39 Å². The molecule has 0 spiro atoms. The van der Waals surface area contributed by atoms with Crippen molar-refractivity contribution >= 4 is 16.1 Å². The predicted molar refractivity (Wildman–Crippen MR) is 92.6 cm³/mol. The van der Waals surface area contributed by atoms with Crippen molar-refractivity contribution in [2.24, 2.45) is 0 Å². The molecule has 1 amide bonds. The molecule has 1 saturated heterocycles. The lowest BCUT2D eigenvalue weighted by atomic mass is 10.1. The standard InChI is InChI=1S/C16H24FN3O4S/c1-19(2)25(22,23)20-10-6-14(7-11-20)24-15-5-3-4-13(12-15)16(21)18-9-8-17/h3-5,12,14H,6-11H2,1-2H3,(H,18,21). The molecule has 0 atom stereocenters. The topological polar surface area (TPSA) is 79.0 Å². The van der Waals surface area contributed by atoms with Crippen LogP contribution in [0.2, 0.25) is 0 Å². The number of hydrogen-bond donors (Lipinski definition) is 1. The zero-order valence-electron chi connectivity index (χ0n) is 14.4. The zero-order chi connectivity index (χ0) is 18.4. The molecule has 140 valence electrons. The Morgan fingerprint density at radius 1 is 1.36 bits per heavy atom. The van der Waals surface area contributed by atoms with Gasteiger partial charge >= 0.3 is 0 Å². The van der Waals surface area contributed by atoms with Crippen LogP contribution in [0.5, 0.6) is 5.75 Å². The van der Waals surface area contributed by atoms with Gasteiger partial charge in [0, 0.05) is 39.3 Å². The molecular formula is C16H24FN3O4S. The lowest BCUT2D eigenvalue weighted by molar-refractivity contribution is 0.0948. The molecule has 1 N–H and O–H groups in total. The van der Waals surface area contributed by atoms with Gasteiger partial charge in [-0.15, -0.1) is 0 Å². The van der Waals surface area contributed by atoms with Gasteiger partial charge in [0.2, 0.25) is 0 Å². The Morgan fingerprint density at radius 2 is 2.04 bits per heavy atom. The Labute approximate surface area is 147 Å². The van der Waals surface area contributed by atoms with Crippen LogP contribution in [-0.4, -0.2) is 69.4 Å². The summed E-state index contributed by atoms with van der Waals surface area (Å²) in [5.41, 5.74) is 0.401. The van der Waals surface area contributed by atoms with E-state index in [9.17, 15) is 17.6 Å². The summed E-state index contributed by atoms with van der Waals surface area (Å²) < 4.78 is 44.8. The third-order valence-electron chi connectivity index (χ3n) is 3.97. The minimum absolute atomic E-state index is 0.0251. The van der Waals surface area contributed by atoms with Gasteiger partial charge in [0.15, 0.2) is 0 Å². The maximum absolute atomic E-state index is 12.1. The normalized spacial score (nSPS) is 16.8. The number of rotatable bonds is 7. The number of nitrogens with one attached hydrogen (secondary N) is 1. The van der Waals surface area contributed by atoms with Gasteiger partial charge in [0.1, 0.15) is 18.5 Å². The Morgan fingerprint density at radius 3 is 2.64 bits per heavy atom. The predicted octanol–water partition coefficient (Wildman–Crippen LogP) is 1.04.